The van der Waals surface area contributed by atoms with Crippen LogP contribution in [0.15, 0.2) is 48.5 Å². The average Bonchev–Trinajstić information content (AvgIpc) is 2.55. The molecule has 0 radical (unpaired) electrons. The summed E-state index contributed by atoms with van der Waals surface area (Å²) in [6.45, 7) is 0. The van der Waals surface area contributed by atoms with E-state index < -0.39 is 5.38 Å². The van der Waals surface area contributed by atoms with Crippen molar-refractivity contribution in [2.24, 2.45) is 0 Å². The van der Waals surface area contributed by atoms with Gasteiger partial charge in [0.15, 0.2) is 0 Å². The lowest BCUT2D eigenvalue weighted by Gasteiger charge is -2.20. The Balaban J connectivity index is 1.79. The Morgan fingerprint density at radius 3 is 2.57 bits per heavy atom. The first-order valence-corrected chi connectivity index (χ1v) is 7.80. The van der Waals surface area contributed by atoms with Crippen molar-refractivity contribution >= 4 is 23.2 Å². The van der Waals surface area contributed by atoms with E-state index >= 15 is 0 Å². The van der Waals surface area contributed by atoms with Gasteiger partial charge in [-0.25, -0.2) is 0 Å². The summed E-state index contributed by atoms with van der Waals surface area (Å²) < 4.78 is 0. The Kier molecular flexibility index (Phi) is 4.26. The maximum absolute atomic E-state index is 12.4. The number of hydrogen-bond acceptors (Lipinski definition) is 1. The first-order valence-electron chi connectivity index (χ1n) is 7.36. The Morgan fingerprint density at radius 1 is 1.00 bits per heavy atom. The molecular formula is C18H18ClNO. The molecule has 0 aliphatic heterocycles. The molecule has 21 heavy (non-hydrogen) atoms. The van der Waals surface area contributed by atoms with Crippen LogP contribution in [0.1, 0.15) is 34.9 Å². The van der Waals surface area contributed by atoms with Gasteiger partial charge in [-0.15, -0.1) is 11.6 Å². The highest BCUT2D eigenvalue weighted by atomic mass is 35.5. The van der Waals surface area contributed by atoms with E-state index in [9.17, 15) is 4.79 Å². The van der Waals surface area contributed by atoms with Gasteiger partial charge in [0.05, 0.1) is 0 Å². The lowest BCUT2D eigenvalue weighted by Crippen LogP contribution is -2.19. The third-order valence-electron chi connectivity index (χ3n) is 3.98. The number of carbonyl (C=O) groups is 1. The van der Waals surface area contributed by atoms with Gasteiger partial charge in [0, 0.05) is 5.69 Å². The van der Waals surface area contributed by atoms with Gasteiger partial charge in [-0.05, 0) is 48.4 Å². The normalized spacial score (nSPS) is 15.1. The van der Waals surface area contributed by atoms with Crippen LogP contribution in [0, 0.1) is 0 Å². The number of alkyl halides is 1. The van der Waals surface area contributed by atoms with E-state index in [-0.39, 0.29) is 5.91 Å². The lowest BCUT2D eigenvalue weighted by atomic mass is 9.90. The van der Waals surface area contributed by atoms with E-state index in [0.29, 0.717) is 0 Å². The van der Waals surface area contributed by atoms with Crippen molar-refractivity contribution in [2.45, 2.75) is 31.1 Å². The SMILES string of the molecule is O=C(Nc1cccc2c1CCCC2)C(Cl)c1ccccc1. The average molecular weight is 300 g/mol. The van der Waals surface area contributed by atoms with Crippen molar-refractivity contribution in [3.63, 3.8) is 0 Å². The van der Waals surface area contributed by atoms with Gasteiger partial charge < -0.3 is 5.32 Å². The number of amides is 1. The van der Waals surface area contributed by atoms with Crippen LogP contribution in [-0.4, -0.2) is 5.91 Å². The molecule has 2 aromatic carbocycles. The zero-order chi connectivity index (χ0) is 14.7. The molecule has 0 bridgehead atoms. The second-order valence-electron chi connectivity index (χ2n) is 5.41. The van der Waals surface area contributed by atoms with Crippen molar-refractivity contribution in [1.82, 2.24) is 0 Å². The molecule has 0 saturated carbocycles. The van der Waals surface area contributed by atoms with E-state index in [1.54, 1.807) is 0 Å². The molecule has 2 aromatic rings. The summed E-state index contributed by atoms with van der Waals surface area (Å²) >= 11 is 6.28. The monoisotopic (exact) mass is 299 g/mol. The molecule has 1 atom stereocenters. The van der Waals surface area contributed by atoms with Crippen LogP contribution in [0.2, 0.25) is 0 Å². The quantitative estimate of drug-likeness (QED) is 0.832. The molecule has 0 fully saturated rings. The van der Waals surface area contributed by atoms with Crippen LogP contribution >= 0.6 is 11.6 Å². The fraction of sp³-hybridized carbons (Fsp3) is 0.278. The van der Waals surface area contributed by atoms with Gasteiger partial charge in [-0.3, -0.25) is 4.79 Å². The van der Waals surface area contributed by atoms with Crippen molar-refractivity contribution in [3.05, 3.63) is 65.2 Å². The highest BCUT2D eigenvalue weighted by Gasteiger charge is 2.20. The Labute approximate surface area is 130 Å². The summed E-state index contributed by atoms with van der Waals surface area (Å²) in [6, 6.07) is 15.6. The number of fused-ring (bicyclic) bond motifs is 1. The fourth-order valence-electron chi connectivity index (χ4n) is 2.87. The van der Waals surface area contributed by atoms with Crippen LogP contribution in [-0.2, 0) is 17.6 Å². The maximum Gasteiger partial charge on any atom is 0.246 e. The summed E-state index contributed by atoms with van der Waals surface area (Å²) in [7, 11) is 0. The van der Waals surface area contributed by atoms with Crippen molar-refractivity contribution in [1.29, 1.82) is 0 Å². The van der Waals surface area contributed by atoms with Crippen LogP contribution in [0.25, 0.3) is 0 Å². The van der Waals surface area contributed by atoms with Gasteiger partial charge in [0.1, 0.15) is 5.38 Å². The van der Waals surface area contributed by atoms with E-state index in [2.05, 4.69) is 11.4 Å². The fourth-order valence-corrected chi connectivity index (χ4v) is 3.07. The zero-order valence-corrected chi connectivity index (χ0v) is 12.6. The lowest BCUT2D eigenvalue weighted by molar-refractivity contribution is -0.116. The van der Waals surface area contributed by atoms with Crippen molar-refractivity contribution in [2.75, 3.05) is 5.32 Å². The third kappa shape index (κ3) is 3.11. The highest BCUT2D eigenvalue weighted by Crippen LogP contribution is 2.29. The zero-order valence-electron chi connectivity index (χ0n) is 11.8. The third-order valence-corrected chi connectivity index (χ3v) is 4.43. The topological polar surface area (TPSA) is 29.1 Å². The number of nitrogens with one attached hydrogen (secondary N) is 1. The minimum absolute atomic E-state index is 0.165. The molecule has 3 heteroatoms. The van der Waals surface area contributed by atoms with Gasteiger partial charge in [-0.2, -0.15) is 0 Å². The number of halogens is 1. The van der Waals surface area contributed by atoms with E-state index in [0.717, 1.165) is 24.1 Å². The van der Waals surface area contributed by atoms with Crippen LogP contribution in [0.3, 0.4) is 0 Å². The first kappa shape index (κ1) is 14.2. The number of carbonyl (C=O) groups excluding carboxylic acids is 1. The molecule has 1 N–H and O–H groups in total. The van der Waals surface area contributed by atoms with Gasteiger partial charge in [-0.1, -0.05) is 42.5 Å². The van der Waals surface area contributed by atoms with Crippen LogP contribution in [0.4, 0.5) is 5.69 Å². The van der Waals surface area contributed by atoms with Crippen molar-refractivity contribution in [3.8, 4) is 0 Å². The maximum atomic E-state index is 12.4. The minimum Gasteiger partial charge on any atom is -0.324 e. The summed E-state index contributed by atoms with van der Waals surface area (Å²) in [5.74, 6) is -0.165. The van der Waals surface area contributed by atoms with E-state index in [1.807, 2.05) is 42.5 Å². The summed E-state index contributed by atoms with van der Waals surface area (Å²) in [4.78, 5) is 12.4. The number of benzene rings is 2. The Hall–Kier alpha value is -1.80. The summed E-state index contributed by atoms with van der Waals surface area (Å²) in [6.07, 6.45) is 4.54. The summed E-state index contributed by atoms with van der Waals surface area (Å²) in [5.41, 5.74) is 4.36. The number of hydrogen-bond donors (Lipinski definition) is 1. The smallest absolute Gasteiger partial charge is 0.246 e. The standard InChI is InChI=1S/C18H18ClNO/c19-17(14-8-2-1-3-9-14)18(21)20-16-12-6-10-13-7-4-5-11-15(13)16/h1-3,6,8-10,12,17H,4-5,7,11H2,(H,20,21). The van der Waals surface area contributed by atoms with Gasteiger partial charge in [0.25, 0.3) is 0 Å². The Morgan fingerprint density at radius 2 is 1.76 bits per heavy atom. The van der Waals surface area contributed by atoms with Gasteiger partial charge >= 0.3 is 0 Å². The first-order chi connectivity index (χ1) is 10.3. The molecule has 0 spiro atoms. The highest BCUT2D eigenvalue weighted by molar-refractivity contribution is 6.32. The number of aryl methyl sites for hydroxylation is 1. The second-order valence-corrected chi connectivity index (χ2v) is 5.85. The predicted molar refractivity (Wildman–Crippen MR) is 86.7 cm³/mol. The summed E-state index contributed by atoms with van der Waals surface area (Å²) in [5, 5.41) is 2.34. The molecule has 3 rings (SSSR count). The molecule has 0 saturated heterocycles. The van der Waals surface area contributed by atoms with Gasteiger partial charge in [0.2, 0.25) is 5.91 Å². The molecule has 1 aliphatic rings. The molecule has 2 nitrogen and oxygen atoms in total. The molecule has 1 unspecified atom stereocenters. The molecule has 1 aliphatic carbocycles. The molecular weight excluding hydrogens is 282 g/mol. The van der Waals surface area contributed by atoms with Crippen molar-refractivity contribution < 1.29 is 4.79 Å². The van der Waals surface area contributed by atoms with E-state index in [4.69, 9.17) is 11.6 Å². The molecule has 0 aromatic heterocycles. The number of anilines is 1. The Bertz CT molecular complexity index is 639. The predicted octanol–water partition coefficient (Wildman–Crippen LogP) is 4.48. The molecule has 1 amide bonds. The van der Waals surface area contributed by atoms with E-state index in [1.165, 1.54) is 24.0 Å². The van der Waals surface area contributed by atoms with Crippen LogP contribution in [0.5, 0.6) is 0 Å². The molecule has 108 valence electrons. The van der Waals surface area contributed by atoms with Crippen LogP contribution < -0.4 is 5.32 Å². The minimum atomic E-state index is -0.661. The number of rotatable bonds is 3. The largest absolute Gasteiger partial charge is 0.324 e. The second kappa shape index (κ2) is 6.31. The molecule has 0 heterocycles.